The lowest BCUT2D eigenvalue weighted by Gasteiger charge is -2.22. The number of aliphatic imine (C=N–C) groups is 1. The van der Waals surface area contributed by atoms with Crippen molar-refractivity contribution in [3.63, 3.8) is 0 Å². The summed E-state index contributed by atoms with van der Waals surface area (Å²) in [5.74, 6) is 0.591. The summed E-state index contributed by atoms with van der Waals surface area (Å²) in [7, 11) is -3.15. The van der Waals surface area contributed by atoms with E-state index in [2.05, 4.69) is 20.3 Å². The van der Waals surface area contributed by atoms with Gasteiger partial charge in [-0.25, -0.2) is 18.1 Å². The Balaban J connectivity index is 2.53. The first kappa shape index (κ1) is 20.4. The first-order valence-electron chi connectivity index (χ1n) is 7.99. The van der Waals surface area contributed by atoms with Gasteiger partial charge in [0.05, 0.1) is 12.8 Å². The third-order valence-corrected chi connectivity index (χ3v) is 4.02. The Morgan fingerprint density at radius 2 is 1.88 bits per heavy atom. The molecule has 4 N–H and O–H groups in total. The van der Waals surface area contributed by atoms with Gasteiger partial charge >= 0.3 is 0 Å². The minimum atomic E-state index is -3.15. The molecule has 1 rings (SSSR count). The van der Waals surface area contributed by atoms with E-state index in [9.17, 15) is 13.5 Å². The number of benzene rings is 1. The summed E-state index contributed by atoms with van der Waals surface area (Å²) in [6, 6.07) is 9.40. The van der Waals surface area contributed by atoms with Crippen molar-refractivity contribution in [1.82, 2.24) is 15.4 Å². The molecule has 0 saturated heterocycles. The average molecular weight is 356 g/mol. The van der Waals surface area contributed by atoms with Crippen LogP contribution in [0.3, 0.4) is 0 Å². The number of hydrogen-bond acceptors (Lipinski definition) is 4. The van der Waals surface area contributed by atoms with Gasteiger partial charge in [-0.05, 0) is 25.8 Å². The molecular weight excluding hydrogens is 328 g/mol. The Bertz CT molecular complexity index is 615. The number of rotatable bonds is 9. The maximum Gasteiger partial charge on any atom is 0.208 e. The van der Waals surface area contributed by atoms with Gasteiger partial charge in [0, 0.05) is 19.6 Å². The van der Waals surface area contributed by atoms with E-state index in [1.165, 1.54) is 0 Å². The first-order chi connectivity index (χ1) is 11.2. The largest absolute Gasteiger partial charge is 0.384 e. The summed E-state index contributed by atoms with van der Waals surface area (Å²) in [5.41, 5.74) is -0.247. The predicted molar refractivity (Wildman–Crippen MR) is 97.5 cm³/mol. The van der Waals surface area contributed by atoms with E-state index < -0.39 is 15.6 Å². The standard InChI is InChI=1S/C16H28N4O3S/c1-4-17-15(18-11-8-12-20-24(3,22)23)19-13-16(2,21)14-9-6-5-7-10-14/h5-7,9-10,20-21H,4,8,11-13H2,1-3H3,(H2,17,18,19). The monoisotopic (exact) mass is 356 g/mol. The lowest BCUT2D eigenvalue weighted by atomic mass is 9.96. The molecule has 0 radical (unpaired) electrons. The van der Waals surface area contributed by atoms with Crippen LogP contribution in [0.4, 0.5) is 0 Å². The summed E-state index contributed by atoms with van der Waals surface area (Å²) < 4.78 is 24.4. The zero-order valence-corrected chi connectivity index (χ0v) is 15.4. The van der Waals surface area contributed by atoms with Crippen molar-refractivity contribution in [3.05, 3.63) is 35.9 Å². The van der Waals surface area contributed by atoms with E-state index in [0.29, 0.717) is 32.0 Å². The highest BCUT2D eigenvalue weighted by molar-refractivity contribution is 7.88. The molecule has 0 spiro atoms. The Labute approximate surface area is 144 Å². The molecule has 1 aromatic rings. The quantitative estimate of drug-likeness (QED) is 0.291. The first-order valence-corrected chi connectivity index (χ1v) is 9.88. The SMILES string of the molecule is CCNC(=NCC(C)(O)c1ccccc1)NCCCNS(C)(=O)=O. The molecule has 8 heteroatoms. The lowest BCUT2D eigenvalue weighted by Crippen LogP contribution is -2.40. The van der Waals surface area contributed by atoms with Crippen molar-refractivity contribution in [1.29, 1.82) is 0 Å². The summed E-state index contributed by atoms with van der Waals surface area (Å²) >= 11 is 0. The zero-order chi connectivity index (χ0) is 18.1. The average Bonchev–Trinajstić information content (AvgIpc) is 2.52. The fourth-order valence-corrected chi connectivity index (χ4v) is 2.53. The van der Waals surface area contributed by atoms with Gasteiger partial charge in [0.15, 0.2) is 5.96 Å². The lowest BCUT2D eigenvalue weighted by molar-refractivity contribution is 0.0672. The second-order valence-electron chi connectivity index (χ2n) is 5.78. The van der Waals surface area contributed by atoms with Gasteiger partial charge < -0.3 is 15.7 Å². The van der Waals surface area contributed by atoms with Gasteiger partial charge in [0.1, 0.15) is 5.60 Å². The Morgan fingerprint density at radius 1 is 1.21 bits per heavy atom. The van der Waals surface area contributed by atoms with Crippen LogP contribution in [0.25, 0.3) is 0 Å². The van der Waals surface area contributed by atoms with Gasteiger partial charge in [-0.15, -0.1) is 0 Å². The molecule has 1 aromatic carbocycles. The molecule has 1 atom stereocenters. The topological polar surface area (TPSA) is 103 Å². The Morgan fingerprint density at radius 3 is 2.46 bits per heavy atom. The molecule has 0 fully saturated rings. The minimum Gasteiger partial charge on any atom is -0.384 e. The maximum atomic E-state index is 11.0. The molecule has 1 unspecified atom stereocenters. The van der Waals surface area contributed by atoms with Crippen LogP contribution in [0.15, 0.2) is 35.3 Å². The minimum absolute atomic E-state index is 0.216. The highest BCUT2D eigenvalue weighted by atomic mass is 32.2. The molecule has 0 aliphatic rings. The summed E-state index contributed by atoms with van der Waals surface area (Å²) in [5, 5.41) is 16.8. The van der Waals surface area contributed by atoms with Crippen molar-refractivity contribution in [2.45, 2.75) is 25.9 Å². The van der Waals surface area contributed by atoms with Crippen LogP contribution >= 0.6 is 0 Å². The van der Waals surface area contributed by atoms with E-state index >= 15 is 0 Å². The molecule has 136 valence electrons. The maximum absolute atomic E-state index is 11.0. The van der Waals surface area contributed by atoms with Crippen molar-refractivity contribution >= 4 is 16.0 Å². The molecule has 0 bridgehead atoms. The van der Waals surface area contributed by atoms with Crippen molar-refractivity contribution in [2.75, 3.05) is 32.4 Å². The van der Waals surface area contributed by atoms with E-state index in [0.717, 1.165) is 11.8 Å². The van der Waals surface area contributed by atoms with E-state index in [1.807, 2.05) is 37.3 Å². The normalized spacial score (nSPS) is 14.9. The molecule has 0 saturated carbocycles. The molecule has 0 amide bonds. The van der Waals surface area contributed by atoms with Crippen LogP contribution in [-0.2, 0) is 15.6 Å². The summed E-state index contributed by atoms with van der Waals surface area (Å²) in [6.45, 7) is 5.53. The number of guanidine groups is 1. The van der Waals surface area contributed by atoms with E-state index in [4.69, 9.17) is 0 Å². The molecule has 0 aliphatic carbocycles. The second kappa shape index (κ2) is 9.61. The van der Waals surface area contributed by atoms with Crippen molar-refractivity contribution in [3.8, 4) is 0 Å². The molecule has 7 nitrogen and oxygen atoms in total. The van der Waals surface area contributed by atoms with Crippen molar-refractivity contribution < 1.29 is 13.5 Å². The van der Waals surface area contributed by atoms with Crippen LogP contribution < -0.4 is 15.4 Å². The van der Waals surface area contributed by atoms with Gasteiger partial charge in [-0.2, -0.15) is 0 Å². The number of nitrogens with one attached hydrogen (secondary N) is 3. The number of sulfonamides is 1. The molecular formula is C16H28N4O3S. The molecule has 0 aliphatic heterocycles. The number of hydrogen-bond donors (Lipinski definition) is 4. The third kappa shape index (κ3) is 8.28. The van der Waals surface area contributed by atoms with Gasteiger partial charge in [-0.1, -0.05) is 30.3 Å². The summed E-state index contributed by atoms with van der Waals surface area (Å²) in [4.78, 5) is 4.41. The van der Waals surface area contributed by atoms with Crippen LogP contribution in [0.5, 0.6) is 0 Å². The van der Waals surface area contributed by atoms with Crippen LogP contribution in [0, 0.1) is 0 Å². The van der Waals surface area contributed by atoms with Gasteiger partial charge in [0.2, 0.25) is 10.0 Å². The molecule has 0 aromatic heterocycles. The number of nitrogens with zero attached hydrogens (tertiary/aromatic N) is 1. The summed E-state index contributed by atoms with van der Waals surface area (Å²) in [6.07, 6.45) is 1.77. The van der Waals surface area contributed by atoms with E-state index in [1.54, 1.807) is 6.92 Å². The fourth-order valence-electron chi connectivity index (χ4n) is 2.02. The Hall–Kier alpha value is -1.64. The highest BCUT2D eigenvalue weighted by Crippen LogP contribution is 2.20. The number of aliphatic hydroxyl groups is 1. The van der Waals surface area contributed by atoms with Crippen LogP contribution in [-0.4, -0.2) is 51.9 Å². The smallest absolute Gasteiger partial charge is 0.208 e. The highest BCUT2D eigenvalue weighted by Gasteiger charge is 2.22. The molecule has 24 heavy (non-hydrogen) atoms. The van der Waals surface area contributed by atoms with Gasteiger partial charge in [0.25, 0.3) is 0 Å². The van der Waals surface area contributed by atoms with E-state index in [-0.39, 0.29) is 6.54 Å². The fraction of sp³-hybridized carbons (Fsp3) is 0.562. The Kier molecular flexibility index (Phi) is 8.17. The third-order valence-electron chi connectivity index (χ3n) is 3.30. The van der Waals surface area contributed by atoms with Gasteiger partial charge in [-0.3, -0.25) is 0 Å². The zero-order valence-electron chi connectivity index (χ0n) is 14.5. The van der Waals surface area contributed by atoms with Crippen molar-refractivity contribution in [2.24, 2.45) is 4.99 Å². The second-order valence-corrected chi connectivity index (χ2v) is 7.61. The van der Waals surface area contributed by atoms with Crippen LogP contribution in [0.2, 0.25) is 0 Å². The predicted octanol–water partition coefficient (Wildman–Crippen LogP) is 0.389. The molecule has 0 heterocycles. The van der Waals surface area contributed by atoms with Crippen LogP contribution in [0.1, 0.15) is 25.8 Å².